The number of hydrogen-bond donors (Lipinski definition) is 0. The molecular formula is C16H22N2O2. The molecule has 0 aromatic heterocycles. The van der Waals surface area contributed by atoms with Gasteiger partial charge in [-0.1, -0.05) is 30.3 Å². The lowest BCUT2D eigenvalue weighted by atomic mass is 9.79. The Balaban J connectivity index is 1.60. The lowest BCUT2D eigenvalue weighted by molar-refractivity contribution is -0.142. The molecule has 108 valence electrons. The van der Waals surface area contributed by atoms with Gasteiger partial charge in [0.1, 0.15) is 0 Å². The van der Waals surface area contributed by atoms with Gasteiger partial charge in [0, 0.05) is 20.1 Å². The molecule has 1 saturated carbocycles. The monoisotopic (exact) mass is 274 g/mol. The topological polar surface area (TPSA) is 32.8 Å². The van der Waals surface area contributed by atoms with Crippen molar-refractivity contribution in [1.82, 2.24) is 9.80 Å². The van der Waals surface area contributed by atoms with Crippen molar-refractivity contribution in [3.05, 3.63) is 35.9 Å². The molecule has 3 rings (SSSR count). The van der Waals surface area contributed by atoms with Crippen molar-refractivity contribution in [3.63, 3.8) is 0 Å². The van der Waals surface area contributed by atoms with Crippen LogP contribution in [-0.4, -0.2) is 48.2 Å². The van der Waals surface area contributed by atoms with Crippen LogP contribution in [0.1, 0.15) is 24.8 Å². The summed E-state index contributed by atoms with van der Waals surface area (Å²) in [5, 5.41) is 0. The highest BCUT2D eigenvalue weighted by atomic mass is 16.5. The minimum atomic E-state index is -0.0263. The van der Waals surface area contributed by atoms with Gasteiger partial charge in [-0.05, 0) is 24.8 Å². The summed E-state index contributed by atoms with van der Waals surface area (Å²) in [5.41, 5.74) is 1.14. The Bertz CT molecular complexity index is 471. The second kappa shape index (κ2) is 5.44. The Morgan fingerprint density at radius 3 is 2.75 bits per heavy atom. The number of morpholine rings is 1. The van der Waals surface area contributed by atoms with E-state index < -0.39 is 0 Å². The molecule has 0 bridgehead atoms. The van der Waals surface area contributed by atoms with Crippen LogP contribution >= 0.6 is 0 Å². The number of ether oxygens (including phenoxy) is 1. The Hall–Kier alpha value is -1.55. The average molecular weight is 274 g/mol. The van der Waals surface area contributed by atoms with Crippen LogP contribution in [0, 0.1) is 0 Å². The largest absolute Gasteiger partial charge is 0.371 e. The highest BCUT2D eigenvalue weighted by Crippen LogP contribution is 2.38. The third-order valence-electron chi connectivity index (χ3n) is 4.37. The predicted molar refractivity (Wildman–Crippen MR) is 77.4 cm³/mol. The van der Waals surface area contributed by atoms with Crippen molar-refractivity contribution >= 4 is 6.03 Å². The maximum absolute atomic E-state index is 12.5. The van der Waals surface area contributed by atoms with E-state index in [0.717, 1.165) is 24.9 Å². The number of carbonyl (C=O) groups is 1. The van der Waals surface area contributed by atoms with Gasteiger partial charge in [0.05, 0.1) is 18.8 Å². The van der Waals surface area contributed by atoms with Gasteiger partial charge in [-0.15, -0.1) is 0 Å². The van der Waals surface area contributed by atoms with Crippen LogP contribution in [0.3, 0.4) is 0 Å². The van der Waals surface area contributed by atoms with Gasteiger partial charge in [0.15, 0.2) is 0 Å². The molecule has 1 spiro atoms. The Morgan fingerprint density at radius 2 is 2.10 bits per heavy atom. The molecule has 0 radical (unpaired) electrons. The third-order valence-corrected chi connectivity index (χ3v) is 4.37. The van der Waals surface area contributed by atoms with E-state index >= 15 is 0 Å². The van der Waals surface area contributed by atoms with E-state index in [2.05, 4.69) is 12.1 Å². The molecule has 1 aliphatic carbocycles. The first-order valence-corrected chi connectivity index (χ1v) is 7.36. The molecule has 2 amide bonds. The van der Waals surface area contributed by atoms with Crippen molar-refractivity contribution in [2.45, 2.75) is 31.4 Å². The first kappa shape index (κ1) is 13.4. The summed E-state index contributed by atoms with van der Waals surface area (Å²) in [4.78, 5) is 16.3. The van der Waals surface area contributed by atoms with Gasteiger partial charge < -0.3 is 14.5 Å². The van der Waals surface area contributed by atoms with Crippen LogP contribution < -0.4 is 0 Å². The molecule has 0 atom stereocenters. The Morgan fingerprint density at radius 1 is 1.35 bits per heavy atom. The van der Waals surface area contributed by atoms with E-state index in [-0.39, 0.29) is 11.6 Å². The highest BCUT2D eigenvalue weighted by Gasteiger charge is 2.43. The van der Waals surface area contributed by atoms with E-state index in [4.69, 9.17) is 4.74 Å². The standard InChI is InChI=1S/C16H22N2O2/c1-17(12-14-6-3-2-4-7-14)15(19)18-10-11-20-16(13-18)8-5-9-16/h2-4,6-7H,5,8-13H2,1H3. The lowest BCUT2D eigenvalue weighted by Crippen LogP contribution is -2.58. The molecular weight excluding hydrogens is 252 g/mol. The fourth-order valence-electron chi connectivity index (χ4n) is 3.05. The summed E-state index contributed by atoms with van der Waals surface area (Å²) in [6, 6.07) is 10.2. The molecule has 1 heterocycles. The minimum Gasteiger partial charge on any atom is -0.371 e. The SMILES string of the molecule is CN(Cc1ccccc1)C(=O)N1CCOC2(CCC2)C1. The minimum absolute atomic E-state index is 0.0263. The smallest absolute Gasteiger partial charge is 0.320 e. The second-order valence-corrected chi connectivity index (χ2v) is 5.93. The zero-order chi connectivity index (χ0) is 14.0. The fraction of sp³-hybridized carbons (Fsp3) is 0.562. The number of amides is 2. The Labute approximate surface area is 120 Å². The van der Waals surface area contributed by atoms with Gasteiger partial charge in [-0.3, -0.25) is 0 Å². The summed E-state index contributed by atoms with van der Waals surface area (Å²) in [7, 11) is 1.87. The molecule has 0 N–H and O–H groups in total. The zero-order valence-corrected chi connectivity index (χ0v) is 12.0. The molecule has 0 unspecified atom stereocenters. The summed E-state index contributed by atoms with van der Waals surface area (Å²) >= 11 is 0. The quantitative estimate of drug-likeness (QED) is 0.830. The van der Waals surface area contributed by atoms with E-state index in [1.165, 1.54) is 6.42 Å². The third kappa shape index (κ3) is 2.66. The summed E-state index contributed by atoms with van der Waals surface area (Å²) < 4.78 is 5.87. The highest BCUT2D eigenvalue weighted by molar-refractivity contribution is 5.74. The Kier molecular flexibility index (Phi) is 3.66. The zero-order valence-electron chi connectivity index (χ0n) is 12.0. The van der Waals surface area contributed by atoms with E-state index in [0.29, 0.717) is 19.7 Å². The first-order valence-electron chi connectivity index (χ1n) is 7.36. The van der Waals surface area contributed by atoms with E-state index in [9.17, 15) is 4.79 Å². The number of rotatable bonds is 2. The lowest BCUT2D eigenvalue weighted by Gasteiger charge is -2.48. The van der Waals surface area contributed by atoms with Crippen molar-refractivity contribution < 1.29 is 9.53 Å². The van der Waals surface area contributed by atoms with Crippen LogP contribution in [0.2, 0.25) is 0 Å². The number of carbonyl (C=O) groups excluding carboxylic acids is 1. The van der Waals surface area contributed by atoms with Crippen molar-refractivity contribution in [1.29, 1.82) is 0 Å². The number of nitrogens with zero attached hydrogens (tertiary/aromatic N) is 2. The van der Waals surface area contributed by atoms with Gasteiger partial charge in [0.2, 0.25) is 0 Å². The van der Waals surface area contributed by atoms with E-state index in [1.54, 1.807) is 4.90 Å². The predicted octanol–water partition coefficient (Wildman–Crippen LogP) is 2.49. The van der Waals surface area contributed by atoms with Crippen LogP contribution in [0.4, 0.5) is 4.79 Å². The molecule has 2 fully saturated rings. The molecule has 1 saturated heterocycles. The summed E-state index contributed by atoms with van der Waals surface area (Å²) in [5.74, 6) is 0. The molecule has 1 aromatic carbocycles. The van der Waals surface area contributed by atoms with Crippen LogP contribution in [-0.2, 0) is 11.3 Å². The molecule has 1 aromatic rings. The molecule has 1 aliphatic heterocycles. The normalized spacial score (nSPS) is 20.6. The maximum Gasteiger partial charge on any atom is 0.320 e. The van der Waals surface area contributed by atoms with Crippen LogP contribution in [0.15, 0.2) is 30.3 Å². The molecule has 4 nitrogen and oxygen atoms in total. The number of benzene rings is 1. The number of urea groups is 1. The average Bonchev–Trinajstić information content (AvgIpc) is 2.46. The second-order valence-electron chi connectivity index (χ2n) is 5.93. The van der Waals surface area contributed by atoms with Gasteiger partial charge in [0.25, 0.3) is 0 Å². The maximum atomic E-state index is 12.5. The molecule has 20 heavy (non-hydrogen) atoms. The molecule has 4 heteroatoms. The van der Waals surface area contributed by atoms with E-state index in [1.807, 2.05) is 30.1 Å². The van der Waals surface area contributed by atoms with Crippen LogP contribution in [0.5, 0.6) is 0 Å². The summed E-state index contributed by atoms with van der Waals surface area (Å²) in [6.45, 7) is 2.79. The van der Waals surface area contributed by atoms with Gasteiger partial charge >= 0.3 is 6.03 Å². The van der Waals surface area contributed by atoms with Gasteiger partial charge in [-0.2, -0.15) is 0 Å². The van der Waals surface area contributed by atoms with Crippen molar-refractivity contribution in [2.75, 3.05) is 26.7 Å². The fourth-order valence-corrected chi connectivity index (χ4v) is 3.05. The first-order chi connectivity index (χ1) is 9.69. The molecule has 2 aliphatic rings. The van der Waals surface area contributed by atoms with Crippen molar-refractivity contribution in [3.8, 4) is 0 Å². The van der Waals surface area contributed by atoms with Crippen molar-refractivity contribution in [2.24, 2.45) is 0 Å². The summed E-state index contributed by atoms with van der Waals surface area (Å²) in [6.07, 6.45) is 3.42. The number of hydrogen-bond acceptors (Lipinski definition) is 2. The van der Waals surface area contributed by atoms with Gasteiger partial charge in [-0.25, -0.2) is 4.79 Å². The van der Waals surface area contributed by atoms with Crippen LogP contribution in [0.25, 0.3) is 0 Å².